The van der Waals surface area contributed by atoms with Crippen LogP contribution in [0.25, 0.3) is 5.57 Å². The molecule has 29 heavy (non-hydrogen) atoms. The molecule has 3 rings (SSSR count). The Kier molecular flexibility index (Phi) is 5.95. The van der Waals surface area contributed by atoms with E-state index < -0.39 is 17.7 Å². The minimum atomic E-state index is -0.683. The summed E-state index contributed by atoms with van der Waals surface area (Å²) in [5.74, 6) is 0.101. The van der Waals surface area contributed by atoms with Crippen LogP contribution in [0.4, 0.5) is 4.79 Å². The number of nitrogens with zero attached hydrogens (tertiary/aromatic N) is 2. The van der Waals surface area contributed by atoms with Gasteiger partial charge in [0, 0.05) is 0 Å². The highest BCUT2D eigenvalue weighted by Crippen LogP contribution is 2.34. The van der Waals surface area contributed by atoms with Gasteiger partial charge < -0.3 is 9.47 Å². The third-order valence-electron chi connectivity index (χ3n) is 3.97. The summed E-state index contributed by atoms with van der Waals surface area (Å²) >= 11 is 6.50. The molecule has 0 aromatic heterocycles. The number of hydrogen-bond acceptors (Lipinski definition) is 7. The fraction of sp³-hybridized carbons (Fsp3) is 0.350. The molecule has 2 aliphatic heterocycles. The average Bonchev–Trinajstić information content (AvgIpc) is 3.05. The Balaban J connectivity index is 2.07. The Hall–Kier alpha value is -2.84. The number of esters is 1. The maximum Gasteiger partial charge on any atom is 0.413 e. The number of carbonyl (C=O) groups excluding carboxylic acids is 2. The van der Waals surface area contributed by atoms with Gasteiger partial charge in [-0.25, -0.2) is 25.0 Å². The Morgan fingerprint density at radius 2 is 1.97 bits per heavy atom. The maximum absolute atomic E-state index is 12.5. The van der Waals surface area contributed by atoms with Crippen molar-refractivity contribution in [1.82, 2.24) is 15.8 Å². The highest BCUT2D eigenvalue weighted by atomic mass is 35.5. The maximum atomic E-state index is 12.5. The molecule has 1 aromatic rings. The zero-order valence-corrected chi connectivity index (χ0v) is 17.5. The number of amides is 1. The van der Waals surface area contributed by atoms with Gasteiger partial charge in [0.05, 0.1) is 24.3 Å². The SMILES string of the molecule is CCOC(=O)C1=C2N=C(Cl)C(c3ccccc3)=C(NC(=O)OC(C)(C)C)N2NC1. The molecule has 0 atom stereocenters. The minimum Gasteiger partial charge on any atom is -0.462 e. The highest BCUT2D eigenvalue weighted by Gasteiger charge is 2.37. The lowest BCUT2D eigenvalue weighted by molar-refractivity contribution is -0.138. The standard InChI is InChI=1S/C20H23ClN4O4/c1-5-28-18(26)13-11-22-25-16(13)23-15(21)14(12-9-7-6-8-10-12)17(25)24-19(27)29-20(2,3)4/h6-10,22H,5,11H2,1-4H3,(H,24,27). The zero-order chi connectivity index (χ0) is 21.2. The molecule has 0 fully saturated rings. The first-order valence-corrected chi connectivity index (χ1v) is 9.57. The summed E-state index contributed by atoms with van der Waals surface area (Å²) in [6.45, 7) is 7.46. The van der Waals surface area contributed by atoms with Gasteiger partial charge in [0.25, 0.3) is 0 Å². The summed E-state index contributed by atoms with van der Waals surface area (Å²) in [5, 5.41) is 4.40. The molecule has 0 bridgehead atoms. The number of aliphatic imine (C=N–C) groups is 1. The van der Waals surface area contributed by atoms with Crippen LogP contribution in [0, 0.1) is 0 Å². The van der Waals surface area contributed by atoms with E-state index in [-0.39, 0.29) is 24.1 Å². The average molecular weight is 419 g/mol. The molecule has 0 unspecified atom stereocenters. The van der Waals surface area contributed by atoms with Crippen molar-refractivity contribution >= 4 is 34.4 Å². The number of rotatable bonds is 4. The summed E-state index contributed by atoms with van der Waals surface area (Å²) < 4.78 is 10.5. The Morgan fingerprint density at radius 1 is 1.28 bits per heavy atom. The highest BCUT2D eigenvalue weighted by molar-refractivity contribution is 6.76. The van der Waals surface area contributed by atoms with E-state index in [0.717, 1.165) is 5.56 Å². The van der Waals surface area contributed by atoms with Crippen LogP contribution in [0.15, 0.2) is 52.5 Å². The van der Waals surface area contributed by atoms with Gasteiger partial charge in [-0.1, -0.05) is 41.9 Å². The predicted octanol–water partition coefficient (Wildman–Crippen LogP) is 3.13. The van der Waals surface area contributed by atoms with Crippen molar-refractivity contribution in [1.29, 1.82) is 0 Å². The van der Waals surface area contributed by atoms with Gasteiger partial charge in [-0.15, -0.1) is 0 Å². The molecule has 154 valence electrons. The number of halogens is 1. The second-order valence-electron chi connectivity index (χ2n) is 7.31. The molecule has 2 aliphatic rings. The fourth-order valence-corrected chi connectivity index (χ4v) is 3.15. The summed E-state index contributed by atoms with van der Waals surface area (Å²) in [7, 11) is 0. The molecular formula is C20H23ClN4O4. The van der Waals surface area contributed by atoms with E-state index in [1.807, 2.05) is 30.3 Å². The first-order chi connectivity index (χ1) is 13.7. The third kappa shape index (κ3) is 4.60. The molecule has 0 radical (unpaired) electrons. The van der Waals surface area contributed by atoms with Crippen molar-refractivity contribution in [2.75, 3.05) is 13.2 Å². The van der Waals surface area contributed by atoms with Crippen molar-refractivity contribution in [2.24, 2.45) is 4.99 Å². The van der Waals surface area contributed by atoms with Crippen molar-refractivity contribution in [2.45, 2.75) is 33.3 Å². The van der Waals surface area contributed by atoms with Crippen molar-refractivity contribution in [3.8, 4) is 0 Å². The van der Waals surface area contributed by atoms with Gasteiger partial charge >= 0.3 is 12.1 Å². The van der Waals surface area contributed by atoms with E-state index in [4.69, 9.17) is 21.1 Å². The van der Waals surface area contributed by atoms with E-state index >= 15 is 0 Å². The molecule has 9 heteroatoms. The summed E-state index contributed by atoms with van der Waals surface area (Å²) in [6, 6.07) is 9.27. The van der Waals surface area contributed by atoms with Gasteiger partial charge in [0.2, 0.25) is 0 Å². The predicted molar refractivity (Wildman–Crippen MR) is 110 cm³/mol. The summed E-state index contributed by atoms with van der Waals surface area (Å²) in [6.07, 6.45) is -0.655. The largest absolute Gasteiger partial charge is 0.462 e. The van der Waals surface area contributed by atoms with Gasteiger partial charge in [-0.2, -0.15) is 0 Å². The molecule has 0 saturated carbocycles. The van der Waals surface area contributed by atoms with Crippen molar-refractivity contribution < 1.29 is 19.1 Å². The van der Waals surface area contributed by atoms with Crippen LogP contribution in [0.3, 0.4) is 0 Å². The first kappa shape index (κ1) is 20.9. The smallest absolute Gasteiger partial charge is 0.413 e. The normalized spacial score (nSPS) is 16.4. The Bertz CT molecular complexity index is 916. The fourth-order valence-electron chi connectivity index (χ4n) is 2.87. The van der Waals surface area contributed by atoms with Crippen LogP contribution < -0.4 is 10.7 Å². The molecule has 8 nitrogen and oxygen atoms in total. The Morgan fingerprint density at radius 3 is 2.59 bits per heavy atom. The lowest BCUT2D eigenvalue weighted by Gasteiger charge is -2.30. The number of ether oxygens (including phenoxy) is 2. The number of benzene rings is 1. The molecule has 0 spiro atoms. The van der Waals surface area contributed by atoms with E-state index in [1.165, 1.54) is 5.01 Å². The molecular weight excluding hydrogens is 396 g/mol. The van der Waals surface area contributed by atoms with Gasteiger partial charge in [0.1, 0.15) is 16.6 Å². The number of hydrazine groups is 1. The molecule has 2 heterocycles. The second kappa shape index (κ2) is 8.26. The number of carbonyl (C=O) groups is 2. The van der Waals surface area contributed by atoms with E-state index in [0.29, 0.717) is 17.0 Å². The summed E-state index contributed by atoms with van der Waals surface area (Å²) in [5.41, 5.74) is 3.94. The number of fused-ring (bicyclic) bond motifs is 1. The first-order valence-electron chi connectivity index (χ1n) is 9.19. The second-order valence-corrected chi connectivity index (χ2v) is 7.67. The number of alkyl carbamates (subject to hydrolysis) is 1. The van der Waals surface area contributed by atoms with E-state index in [2.05, 4.69) is 15.7 Å². The van der Waals surface area contributed by atoms with Gasteiger partial charge in [-0.3, -0.25) is 5.32 Å². The van der Waals surface area contributed by atoms with E-state index in [1.54, 1.807) is 27.7 Å². The number of nitrogens with one attached hydrogen (secondary N) is 2. The van der Waals surface area contributed by atoms with Crippen LogP contribution in [-0.2, 0) is 14.3 Å². The lowest BCUT2D eigenvalue weighted by atomic mass is 10.1. The van der Waals surface area contributed by atoms with Crippen LogP contribution in [0.2, 0.25) is 0 Å². The zero-order valence-electron chi connectivity index (χ0n) is 16.7. The van der Waals surface area contributed by atoms with Crippen LogP contribution in [0.1, 0.15) is 33.3 Å². The van der Waals surface area contributed by atoms with Crippen molar-refractivity contribution in [3.05, 3.63) is 53.1 Å². The van der Waals surface area contributed by atoms with E-state index in [9.17, 15) is 9.59 Å². The molecule has 1 aromatic carbocycles. The molecule has 0 aliphatic carbocycles. The quantitative estimate of drug-likeness (QED) is 0.730. The molecule has 0 saturated heterocycles. The third-order valence-corrected chi connectivity index (χ3v) is 4.24. The van der Waals surface area contributed by atoms with Crippen LogP contribution in [0.5, 0.6) is 0 Å². The number of hydrogen-bond donors (Lipinski definition) is 2. The van der Waals surface area contributed by atoms with Gasteiger partial charge in [0.15, 0.2) is 5.82 Å². The molecule has 1 amide bonds. The lowest BCUT2D eigenvalue weighted by Crippen LogP contribution is -2.44. The minimum absolute atomic E-state index is 0.138. The monoisotopic (exact) mass is 418 g/mol. The summed E-state index contributed by atoms with van der Waals surface area (Å²) in [4.78, 5) is 29.2. The van der Waals surface area contributed by atoms with Gasteiger partial charge in [-0.05, 0) is 33.3 Å². The van der Waals surface area contributed by atoms with Crippen molar-refractivity contribution in [3.63, 3.8) is 0 Å². The Labute approximate surface area is 174 Å². The molecule has 2 N–H and O–H groups in total. The van der Waals surface area contributed by atoms with Crippen LogP contribution >= 0.6 is 11.6 Å². The topological polar surface area (TPSA) is 92.3 Å². The number of allylic oxidation sites excluding steroid dienone is 1. The van der Waals surface area contributed by atoms with Crippen LogP contribution in [-0.4, -0.2) is 41.0 Å².